The highest BCUT2D eigenvalue weighted by atomic mass is 16.4. The highest BCUT2D eigenvalue weighted by Gasteiger charge is 2.34. The highest BCUT2D eigenvalue weighted by molar-refractivity contribution is 5.91. The lowest BCUT2D eigenvalue weighted by Gasteiger charge is -2.37. The van der Waals surface area contributed by atoms with Gasteiger partial charge in [-0.2, -0.15) is 0 Å². The van der Waals surface area contributed by atoms with Gasteiger partial charge in [-0.15, -0.1) is 0 Å². The first-order valence-electron chi connectivity index (χ1n) is 6.80. The van der Waals surface area contributed by atoms with Crippen LogP contribution in [0.25, 0.3) is 0 Å². The van der Waals surface area contributed by atoms with Crippen molar-refractivity contribution in [1.29, 1.82) is 0 Å². The number of carboxylic acid groups (broad SMARTS) is 1. The molecule has 0 saturated heterocycles. The number of hydrogen-bond acceptors (Lipinski definition) is 2. The average molecular weight is 245 g/mol. The third-order valence-electron chi connectivity index (χ3n) is 4.31. The van der Waals surface area contributed by atoms with Crippen LogP contribution in [0.1, 0.15) is 42.1 Å². The lowest BCUT2D eigenvalue weighted by molar-refractivity contribution is 0.0695. The standard InChI is InChI=1S/C15H19NO2/c1-10(11-7-8-11)16-9-3-5-12-13(15(17)18)4-2-6-14(12)16/h2,4,6,10-11H,3,5,7-9H2,1H3,(H,17,18). The van der Waals surface area contributed by atoms with Crippen molar-refractivity contribution >= 4 is 11.7 Å². The van der Waals surface area contributed by atoms with Gasteiger partial charge < -0.3 is 10.0 Å². The second kappa shape index (κ2) is 4.30. The molecule has 1 unspecified atom stereocenters. The minimum absolute atomic E-state index is 0.486. The van der Waals surface area contributed by atoms with Crippen LogP contribution in [0.15, 0.2) is 18.2 Å². The van der Waals surface area contributed by atoms with Gasteiger partial charge in [-0.05, 0) is 56.2 Å². The largest absolute Gasteiger partial charge is 0.478 e. The molecule has 2 aliphatic rings. The number of carbonyl (C=O) groups is 1. The van der Waals surface area contributed by atoms with E-state index in [4.69, 9.17) is 0 Å². The first-order chi connectivity index (χ1) is 8.68. The highest BCUT2D eigenvalue weighted by Crippen LogP contribution is 2.40. The Morgan fingerprint density at radius 3 is 2.89 bits per heavy atom. The number of rotatable bonds is 3. The molecule has 0 amide bonds. The molecule has 3 nitrogen and oxygen atoms in total. The van der Waals surface area contributed by atoms with Crippen molar-refractivity contribution in [2.45, 2.75) is 38.6 Å². The molecular weight excluding hydrogens is 226 g/mol. The molecule has 0 spiro atoms. The van der Waals surface area contributed by atoms with Crippen molar-refractivity contribution in [3.63, 3.8) is 0 Å². The second-order valence-electron chi connectivity index (χ2n) is 5.48. The summed E-state index contributed by atoms with van der Waals surface area (Å²) < 4.78 is 0. The first-order valence-corrected chi connectivity index (χ1v) is 6.80. The molecular formula is C15H19NO2. The van der Waals surface area contributed by atoms with E-state index in [1.807, 2.05) is 6.07 Å². The summed E-state index contributed by atoms with van der Waals surface area (Å²) in [7, 11) is 0. The lowest BCUT2D eigenvalue weighted by Crippen LogP contribution is -2.39. The fourth-order valence-corrected chi connectivity index (χ4v) is 3.11. The van der Waals surface area contributed by atoms with Crippen molar-refractivity contribution in [2.75, 3.05) is 11.4 Å². The number of fused-ring (bicyclic) bond motifs is 1. The van der Waals surface area contributed by atoms with E-state index in [1.54, 1.807) is 6.07 Å². The van der Waals surface area contributed by atoms with Crippen LogP contribution in [-0.4, -0.2) is 23.7 Å². The summed E-state index contributed by atoms with van der Waals surface area (Å²) >= 11 is 0. The number of benzene rings is 1. The zero-order chi connectivity index (χ0) is 12.7. The van der Waals surface area contributed by atoms with E-state index in [-0.39, 0.29) is 0 Å². The summed E-state index contributed by atoms with van der Waals surface area (Å²) in [6, 6.07) is 6.24. The van der Waals surface area contributed by atoms with Gasteiger partial charge in [-0.3, -0.25) is 0 Å². The molecule has 0 aromatic heterocycles. The van der Waals surface area contributed by atoms with E-state index < -0.39 is 5.97 Å². The van der Waals surface area contributed by atoms with Crippen LogP contribution >= 0.6 is 0 Å². The maximum Gasteiger partial charge on any atom is 0.336 e. The zero-order valence-corrected chi connectivity index (χ0v) is 10.7. The summed E-state index contributed by atoms with van der Waals surface area (Å²) in [5.74, 6) is 0.0113. The van der Waals surface area contributed by atoms with Crippen molar-refractivity contribution in [3.8, 4) is 0 Å². The Morgan fingerprint density at radius 2 is 2.22 bits per heavy atom. The van der Waals surface area contributed by atoms with Gasteiger partial charge in [-0.1, -0.05) is 6.07 Å². The molecule has 1 N–H and O–H groups in total. The molecule has 3 rings (SSSR count). The summed E-state index contributed by atoms with van der Waals surface area (Å²) in [5, 5.41) is 9.27. The number of nitrogens with zero attached hydrogens (tertiary/aromatic N) is 1. The van der Waals surface area contributed by atoms with Crippen LogP contribution in [0.4, 0.5) is 5.69 Å². The number of aromatic carboxylic acids is 1. The van der Waals surface area contributed by atoms with Crippen molar-refractivity contribution < 1.29 is 9.90 Å². The van der Waals surface area contributed by atoms with E-state index in [0.717, 1.165) is 36.6 Å². The van der Waals surface area contributed by atoms with Crippen LogP contribution in [0, 0.1) is 5.92 Å². The van der Waals surface area contributed by atoms with Gasteiger partial charge in [0.15, 0.2) is 0 Å². The third kappa shape index (κ3) is 1.88. The van der Waals surface area contributed by atoms with Crippen molar-refractivity contribution in [2.24, 2.45) is 5.92 Å². The van der Waals surface area contributed by atoms with E-state index in [9.17, 15) is 9.90 Å². The summed E-state index contributed by atoms with van der Waals surface area (Å²) in [4.78, 5) is 13.7. The average Bonchev–Trinajstić information content (AvgIpc) is 3.20. The van der Waals surface area contributed by atoms with Gasteiger partial charge in [-0.25, -0.2) is 4.79 Å². The Kier molecular flexibility index (Phi) is 2.77. The molecule has 1 aromatic carbocycles. The fourth-order valence-electron chi connectivity index (χ4n) is 3.11. The minimum Gasteiger partial charge on any atom is -0.478 e. The van der Waals surface area contributed by atoms with E-state index >= 15 is 0 Å². The quantitative estimate of drug-likeness (QED) is 0.890. The SMILES string of the molecule is CC(C1CC1)N1CCCc2c(C(=O)O)cccc21. The smallest absolute Gasteiger partial charge is 0.336 e. The van der Waals surface area contributed by atoms with Gasteiger partial charge in [0.05, 0.1) is 5.56 Å². The minimum atomic E-state index is -0.798. The molecule has 1 aliphatic heterocycles. The first kappa shape index (κ1) is 11.6. The Bertz CT molecular complexity index is 479. The maximum absolute atomic E-state index is 11.3. The van der Waals surface area contributed by atoms with Crippen LogP contribution in [0.2, 0.25) is 0 Å². The second-order valence-corrected chi connectivity index (χ2v) is 5.48. The molecule has 1 atom stereocenters. The lowest BCUT2D eigenvalue weighted by atomic mass is 9.94. The molecule has 1 aliphatic carbocycles. The van der Waals surface area contributed by atoms with Crippen LogP contribution in [-0.2, 0) is 6.42 Å². The maximum atomic E-state index is 11.3. The van der Waals surface area contributed by atoms with E-state index in [1.165, 1.54) is 12.8 Å². The molecule has 0 radical (unpaired) electrons. The molecule has 18 heavy (non-hydrogen) atoms. The van der Waals surface area contributed by atoms with Crippen LogP contribution < -0.4 is 4.90 Å². The summed E-state index contributed by atoms with van der Waals surface area (Å²) in [6.45, 7) is 3.34. The Hall–Kier alpha value is -1.51. The number of anilines is 1. The number of hydrogen-bond donors (Lipinski definition) is 1. The molecule has 1 saturated carbocycles. The van der Waals surface area contributed by atoms with Gasteiger partial charge in [0, 0.05) is 18.3 Å². The normalized spacial score (nSPS) is 20.4. The molecule has 1 aromatic rings. The number of carboxylic acids is 1. The molecule has 0 bridgehead atoms. The van der Waals surface area contributed by atoms with Crippen molar-refractivity contribution in [3.05, 3.63) is 29.3 Å². The molecule has 1 fully saturated rings. The Morgan fingerprint density at radius 1 is 1.44 bits per heavy atom. The van der Waals surface area contributed by atoms with E-state index in [2.05, 4.69) is 17.9 Å². The van der Waals surface area contributed by atoms with Gasteiger partial charge in [0.1, 0.15) is 0 Å². The van der Waals surface area contributed by atoms with Crippen LogP contribution in [0.5, 0.6) is 0 Å². The Balaban J connectivity index is 1.99. The molecule has 1 heterocycles. The van der Waals surface area contributed by atoms with E-state index in [0.29, 0.717) is 11.6 Å². The predicted octanol–water partition coefficient (Wildman–Crippen LogP) is 2.94. The monoisotopic (exact) mass is 245 g/mol. The topological polar surface area (TPSA) is 40.5 Å². The van der Waals surface area contributed by atoms with Gasteiger partial charge in [0.25, 0.3) is 0 Å². The van der Waals surface area contributed by atoms with Gasteiger partial charge in [0.2, 0.25) is 0 Å². The summed E-state index contributed by atoms with van der Waals surface area (Å²) in [6.07, 6.45) is 4.61. The van der Waals surface area contributed by atoms with Gasteiger partial charge >= 0.3 is 5.97 Å². The third-order valence-corrected chi connectivity index (χ3v) is 4.31. The molecule has 96 valence electrons. The predicted molar refractivity (Wildman–Crippen MR) is 71.3 cm³/mol. The Labute approximate surface area is 107 Å². The van der Waals surface area contributed by atoms with Crippen molar-refractivity contribution in [1.82, 2.24) is 0 Å². The summed E-state index contributed by atoms with van der Waals surface area (Å²) in [5.41, 5.74) is 2.67. The fraction of sp³-hybridized carbons (Fsp3) is 0.533. The van der Waals surface area contributed by atoms with Crippen LogP contribution in [0.3, 0.4) is 0 Å². The zero-order valence-electron chi connectivity index (χ0n) is 10.7. The molecule has 3 heteroatoms.